The third kappa shape index (κ3) is 1.55. The molecule has 5 aliphatic rings. The van der Waals surface area contributed by atoms with Gasteiger partial charge in [0.05, 0.1) is 30.9 Å². The lowest BCUT2D eigenvalue weighted by Crippen LogP contribution is -2.55. The number of benzene rings is 1. The molecule has 5 nitrogen and oxygen atoms in total. The van der Waals surface area contributed by atoms with E-state index in [0.29, 0.717) is 11.8 Å². The van der Waals surface area contributed by atoms with Crippen LogP contribution in [0.15, 0.2) is 24.3 Å². The Kier molecular flexibility index (Phi) is 2.98. The number of carbonyl (C=O) groups excluding carboxylic acids is 1. The first-order valence-corrected chi connectivity index (χ1v) is 10.0. The summed E-state index contributed by atoms with van der Waals surface area (Å²) in [4.78, 5) is 15.6. The maximum Gasteiger partial charge on any atom is 0.233 e. The third-order valence-corrected chi connectivity index (χ3v) is 7.97. The van der Waals surface area contributed by atoms with Crippen molar-refractivity contribution in [3.05, 3.63) is 24.3 Å². The molecule has 1 aromatic rings. The van der Waals surface area contributed by atoms with Gasteiger partial charge in [-0.2, -0.15) is 0 Å². The van der Waals surface area contributed by atoms with E-state index in [-0.39, 0.29) is 29.8 Å². The Morgan fingerprint density at radius 1 is 1.23 bits per heavy atom. The lowest BCUT2D eigenvalue weighted by Gasteiger charge is -2.43. The van der Waals surface area contributed by atoms with Crippen LogP contribution in [0.5, 0.6) is 5.75 Å². The van der Waals surface area contributed by atoms with E-state index in [2.05, 4.69) is 0 Å². The summed E-state index contributed by atoms with van der Waals surface area (Å²) in [7, 11) is 1.65. The summed E-state index contributed by atoms with van der Waals surface area (Å²) in [5.41, 5.74) is 0.241. The largest absolute Gasteiger partial charge is 0.495 e. The molecule has 5 fully saturated rings. The first-order valence-electron chi connectivity index (χ1n) is 10.0. The van der Waals surface area contributed by atoms with Crippen molar-refractivity contribution >= 4 is 11.6 Å². The maximum atomic E-state index is 13.7. The number of ether oxygens (including phenoxy) is 2. The number of hydrogen-bond acceptors (Lipinski definition) is 4. The summed E-state index contributed by atoms with van der Waals surface area (Å²) >= 11 is 0. The predicted octanol–water partition coefficient (Wildman–Crippen LogP) is 2.57. The number of aliphatic hydroxyl groups is 1. The number of methoxy groups -OCH3 is 1. The van der Waals surface area contributed by atoms with E-state index in [0.717, 1.165) is 30.7 Å². The number of amides is 1. The van der Waals surface area contributed by atoms with E-state index in [1.165, 1.54) is 12.8 Å². The quantitative estimate of drug-likeness (QED) is 0.905. The van der Waals surface area contributed by atoms with Crippen LogP contribution in [0.3, 0.4) is 0 Å². The monoisotopic (exact) mass is 355 g/mol. The number of carbonyl (C=O) groups is 1. The van der Waals surface area contributed by atoms with E-state index in [4.69, 9.17) is 9.47 Å². The molecule has 7 unspecified atom stereocenters. The Labute approximate surface area is 153 Å². The van der Waals surface area contributed by atoms with Gasteiger partial charge in [0, 0.05) is 11.8 Å². The van der Waals surface area contributed by atoms with Crippen LogP contribution >= 0.6 is 0 Å². The topological polar surface area (TPSA) is 59.0 Å². The second-order valence-corrected chi connectivity index (χ2v) is 8.77. The minimum atomic E-state index is -0.589. The molecule has 2 saturated heterocycles. The lowest BCUT2D eigenvalue weighted by molar-refractivity contribution is -0.138. The molecule has 138 valence electrons. The van der Waals surface area contributed by atoms with Crippen molar-refractivity contribution < 1.29 is 19.4 Å². The molecule has 1 aromatic carbocycles. The molecule has 0 spiro atoms. The Morgan fingerprint density at radius 3 is 2.77 bits per heavy atom. The van der Waals surface area contributed by atoms with Crippen molar-refractivity contribution in [3.8, 4) is 5.75 Å². The highest BCUT2D eigenvalue weighted by Gasteiger charge is 2.80. The average molecular weight is 355 g/mol. The minimum absolute atomic E-state index is 0.0606. The highest BCUT2D eigenvalue weighted by molar-refractivity contribution is 6.01. The minimum Gasteiger partial charge on any atom is -0.495 e. The van der Waals surface area contributed by atoms with Crippen LogP contribution in [-0.2, 0) is 9.53 Å². The second kappa shape index (κ2) is 5.02. The summed E-state index contributed by atoms with van der Waals surface area (Å²) in [6.07, 6.45) is 4.96. The van der Waals surface area contributed by atoms with Crippen molar-refractivity contribution in [3.63, 3.8) is 0 Å². The smallest absolute Gasteiger partial charge is 0.233 e. The molecule has 2 aliphatic heterocycles. The van der Waals surface area contributed by atoms with Gasteiger partial charge < -0.3 is 14.6 Å². The first kappa shape index (κ1) is 15.5. The fourth-order valence-electron chi connectivity index (χ4n) is 7.22. The van der Waals surface area contributed by atoms with Crippen molar-refractivity contribution in [2.45, 2.75) is 50.0 Å². The van der Waals surface area contributed by atoms with Gasteiger partial charge in [-0.05, 0) is 43.2 Å². The zero-order valence-corrected chi connectivity index (χ0v) is 15.0. The average Bonchev–Trinajstić information content (AvgIpc) is 3.41. The molecule has 0 aromatic heterocycles. The second-order valence-electron chi connectivity index (χ2n) is 8.77. The molecule has 7 atom stereocenters. The van der Waals surface area contributed by atoms with Crippen LogP contribution in [0.25, 0.3) is 0 Å². The van der Waals surface area contributed by atoms with E-state index in [1.807, 2.05) is 29.2 Å². The normalized spacial score (nSPS) is 45.9. The van der Waals surface area contributed by atoms with E-state index < -0.39 is 11.8 Å². The molecule has 2 bridgehead atoms. The van der Waals surface area contributed by atoms with E-state index >= 15 is 0 Å². The molecular formula is C21H25NO4. The standard InChI is InChI=1S/C21H25NO4/c1-25-15-9-5-4-8-14(15)22-20(24)16-12-10-13-17(16)21(22,11-6-2-3-7-11)26-19(13)18(12)23/h4-5,8-9,11-13,16-19,23H,2-3,6-7,10H2,1H3. The molecule has 26 heavy (non-hydrogen) atoms. The molecule has 6 rings (SSSR count). The fraction of sp³-hybridized carbons (Fsp3) is 0.667. The van der Waals surface area contributed by atoms with Crippen molar-refractivity contribution in [2.75, 3.05) is 12.0 Å². The Balaban J connectivity index is 1.56. The number of para-hydroxylation sites is 2. The summed E-state index contributed by atoms with van der Waals surface area (Å²) < 4.78 is 12.4. The highest BCUT2D eigenvalue weighted by Crippen LogP contribution is 2.71. The number of fused-ring (bicyclic) bond motifs is 2. The van der Waals surface area contributed by atoms with Crippen molar-refractivity contribution in [1.29, 1.82) is 0 Å². The van der Waals surface area contributed by atoms with Gasteiger partial charge in [-0.3, -0.25) is 9.69 Å². The van der Waals surface area contributed by atoms with Crippen LogP contribution < -0.4 is 9.64 Å². The molecule has 3 saturated carbocycles. The summed E-state index contributed by atoms with van der Waals surface area (Å²) in [6, 6.07) is 7.80. The van der Waals surface area contributed by atoms with Gasteiger partial charge in [0.2, 0.25) is 5.91 Å². The Bertz CT molecular complexity index is 775. The maximum absolute atomic E-state index is 13.7. The predicted molar refractivity (Wildman–Crippen MR) is 94.6 cm³/mol. The number of rotatable bonds is 3. The van der Waals surface area contributed by atoms with Gasteiger partial charge in [-0.15, -0.1) is 0 Å². The highest BCUT2D eigenvalue weighted by atomic mass is 16.6. The summed E-state index contributed by atoms with van der Waals surface area (Å²) in [5.74, 6) is 1.72. The molecule has 0 radical (unpaired) electrons. The van der Waals surface area contributed by atoms with Crippen LogP contribution in [0.1, 0.15) is 32.1 Å². The fourth-order valence-corrected chi connectivity index (χ4v) is 7.22. The molecule has 5 heteroatoms. The number of aliphatic hydroxyl groups excluding tert-OH is 1. The molecule has 1 amide bonds. The van der Waals surface area contributed by atoms with E-state index in [9.17, 15) is 9.90 Å². The zero-order valence-electron chi connectivity index (χ0n) is 15.0. The van der Waals surface area contributed by atoms with Crippen LogP contribution in [0.2, 0.25) is 0 Å². The third-order valence-electron chi connectivity index (χ3n) is 7.97. The Hall–Kier alpha value is -1.59. The molecule has 3 aliphatic carbocycles. The Morgan fingerprint density at radius 2 is 2.00 bits per heavy atom. The van der Waals surface area contributed by atoms with Gasteiger partial charge in [-0.25, -0.2) is 0 Å². The van der Waals surface area contributed by atoms with Crippen LogP contribution in [0, 0.1) is 29.6 Å². The van der Waals surface area contributed by atoms with Gasteiger partial charge in [0.25, 0.3) is 0 Å². The lowest BCUT2D eigenvalue weighted by atomic mass is 9.73. The van der Waals surface area contributed by atoms with Gasteiger partial charge in [0.15, 0.2) is 5.72 Å². The number of hydrogen-bond donors (Lipinski definition) is 1. The number of anilines is 1. The van der Waals surface area contributed by atoms with Crippen molar-refractivity contribution in [1.82, 2.24) is 0 Å². The van der Waals surface area contributed by atoms with E-state index in [1.54, 1.807) is 7.11 Å². The van der Waals surface area contributed by atoms with Crippen LogP contribution in [-0.4, -0.2) is 36.1 Å². The molecule has 1 N–H and O–H groups in total. The molecular weight excluding hydrogens is 330 g/mol. The SMILES string of the molecule is COc1ccccc1N1C(=O)C2C3CC4C(OC1(C1CCCC1)C42)C3O. The number of nitrogens with zero attached hydrogens (tertiary/aromatic N) is 1. The van der Waals surface area contributed by atoms with Gasteiger partial charge in [0.1, 0.15) is 5.75 Å². The first-order chi connectivity index (χ1) is 12.7. The van der Waals surface area contributed by atoms with Crippen molar-refractivity contribution in [2.24, 2.45) is 29.6 Å². The molecule has 2 heterocycles. The summed E-state index contributed by atoms with van der Waals surface area (Å²) in [6.45, 7) is 0. The van der Waals surface area contributed by atoms with Gasteiger partial charge >= 0.3 is 0 Å². The zero-order chi connectivity index (χ0) is 17.6. The van der Waals surface area contributed by atoms with Gasteiger partial charge in [-0.1, -0.05) is 25.0 Å². The van der Waals surface area contributed by atoms with Crippen LogP contribution in [0.4, 0.5) is 5.69 Å². The summed E-state index contributed by atoms with van der Waals surface area (Å²) in [5, 5.41) is 10.7.